The lowest BCUT2D eigenvalue weighted by Crippen LogP contribution is -2.43. The van der Waals surface area contributed by atoms with Crippen LogP contribution in [0.3, 0.4) is 0 Å². The molecule has 8 rings (SSSR count). The van der Waals surface area contributed by atoms with Gasteiger partial charge in [0.05, 0.1) is 21.3 Å². The fourth-order valence-corrected chi connectivity index (χ4v) is 9.01. The number of fused-ring (bicyclic) bond motifs is 5. The molecule has 4 aliphatic rings. The average Bonchev–Trinajstić information content (AvgIpc) is 3.83. The summed E-state index contributed by atoms with van der Waals surface area (Å²) in [5.74, 6) is -1.72. The normalized spacial score (nSPS) is 24.3. The second kappa shape index (κ2) is 10.3. The Labute approximate surface area is 259 Å². The van der Waals surface area contributed by atoms with Crippen LogP contribution in [0.1, 0.15) is 50.5 Å². The number of alkyl halides is 3. The molecule has 2 unspecified atom stereocenters. The van der Waals surface area contributed by atoms with E-state index >= 15 is 4.39 Å². The molecule has 2 aromatic carbocycles. The Morgan fingerprint density at radius 2 is 1.89 bits per heavy atom. The number of nitrogens with one attached hydrogen (secondary N) is 1. The summed E-state index contributed by atoms with van der Waals surface area (Å²) in [6.45, 7) is 2.28. The first-order valence-electron chi connectivity index (χ1n) is 15.4. The third-order valence-corrected chi connectivity index (χ3v) is 11.2. The van der Waals surface area contributed by atoms with Gasteiger partial charge in [-0.3, -0.25) is 4.90 Å². The van der Waals surface area contributed by atoms with Crippen molar-refractivity contribution in [3.63, 3.8) is 0 Å². The molecule has 3 N–H and O–H groups in total. The van der Waals surface area contributed by atoms with Crippen molar-refractivity contribution in [1.29, 1.82) is 0 Å². The van der Waals surface area contributed by atoms with Crippen LogP contribution in [0.4, 0.5) is 32.9 Å². The van der Waals surface area contributed by atoms with E-state index < -0.39 is 28.9 Å². The van der Waals surface area contributed by atoms with Crippen LogP contribution in [0.2, 0.25) is 0 Å². The molecule has 0 radical (unpaired) electrons. The van der Waals surface area contributed by atoms with Crippen molar-refractivity contribution in [2.75, 3.05) is 37.4 Å². The Morgan fingerprint density at radius 1 is 1.11 bits per heavy atom. The van der Waals surface area contributed by atoms with E-state index in [0.29, 0.717) is 12.6 Å². The third kappa shape index (κ3) is 4.62. The Balaban J connectivity index is 1.32. The van der Waals surface area contributed by atoms with Crippen molar-refractivity contribution >= 4 is 43.4 Å². The average molecular weight is 646 g/mol. The number of anilines is 2. The highest BCUT2D eigenvalue weighted by atomic mass is 32.1. The van der Waals surface area contributed by atoms with Crippen LogP contribution in [0, 0.1) is 11.6 Å². The monoisotopic (exact) mass is 645 g/mol. The Bertz CT molecular complexity index is 1820. The first-order chi connectivity index (χ1) is 21.5. The summed E-state index contributed by atoms with van der Waals surface area (Å²) in [4.78, 5) is 17.4. The van der Waals surface area contributed by atoms with Crippen LogP contribution < -0.4 is 20.7 Å². The van der Waals surface area contributed by atoms with E-state index in [1.807, 2.05) is 4.90 Å². The lowest BCUT2D eigenvalue weighted by atomic mass is 9.93. The third-order valence-electron chi connectivity index (χ3n) is 10.4. The second-order valence-electron chi connectivity index (χ2n) is 12.8. The summed E-state index contributed by atoms with van der Waals surface area (Å²) in [5, 5.41) is 3.44. The lowest BCUT2D eigenvalue weighted by Gasteiger charge is -2.33. The van der Waals surface area contributed by atoms with Gasteiger partial charge in [-0.15, -0.1) is 0 Å². The predicted molar refractivity (Wildman–Crippen MR) is 163 cm³/mol. The van der Waals surface area contributed by atoms with Crippen molar-refractivity contribution in [3.8, 4) is 17.1 Å². The molecule has 4 saturated heterocycles. The summed E-state index contributed by atoms with van der Waals surface area (Å²) >= 11 is 0.790. The summed E-state index contributed by atoms with van der Waals surface area (Å²) in [6.07, 6.45) is 1.86. The summed E-state index contributed by atoms with van der Waals surface area (Å²) in [5.41, 5.74) is 3.02. The highest BCUT2D eigenvalue weighted by Crippen LogP contribution is 2.47. The van der Waals surface area contributed by atoms with E-state index in [2.05, 4.69) is 25.2 Å². The number of halogens is 5. The summed E-state index contributed by atoms with van der Waals surface area (Å²) in [6, 6.07) is 3.36. The predicted octanol–water partition coefficient (Wildman–Crippen LogP) is 6.12. The molecule has 2 bridgehead atoms. The maximum atomic E-state index is 16.9. The first-order valence-corrected chi connectivity index (χ1v) is 16.2. The minimum absolute atomic E-state index is 0.0415. The number of hydrogen-bond acceptors (Lipinski definition) is 9. The fourth-order valence-electron chi connectivity index (χ4n) is 8.25. The minimum atomic E-state index is -4.96. The van der Waals surface area contributed by atoms with Crippen LogP contribution in [-0.2, 0) is 6.18 Å². The highest BCUT2D eigenvalue weighted by molar-refractivity contribution is 7.22. The molecule has 0 aliphatic carbocycles. The maximum Gasteiger partial charge on any atom is 0.417 e. The SMILES string of the molecule is CN(c1nc(OCC23CCCN2CCC3)nc2c(F)c(-c3ccc(F)c4sc(N)nc34)c(C(F)(F)F)cc12)C1CC2CC[C@H]1N2. The summed E-state index contributed by atoms with van der Waals surface area (Å²) in [7, 11) is 1.79. The van der Waals surface area contributed by atoms with Gasteiger partial charge in [0.2, 0.25) is 0 Å². The van der Waals surface area contributed by atoms with Gasteiger partial charge in [-0.05, 0) is 76.2 Å². The number of ether oxygens (including phenoxy) is 1. The van der Waals surface area contributed by atoms with Crippen LogP contribution >= 0.6 is 11.3 Å². The zero-order valence-corrected chi connectivity index (χ0v) is 25.4. The molecule has 45 heavy (non-hydrogen) atoms. The van der Waals surface area contributed by atoms with Crippen molar-refractivity contribution in [2.24, 2.45) is 0 Å². The van der Waals surface area contributed by atoms with Crippen molar-refractivity contribution in [2.45, 2.75) is 74.8 Å². The molecule has 0 amide bonds. The quantitative estimate of drug-likeness (QED) is 0.243. The first kappa shape index (κ1) is 29.1. The van der Waals surface area contributed by atoms with Gasteiger partial charge in [0.1, 0.15) is 23.8 Å². The minimum Gasteiger partial charge on any atom is -0.461 e. The molecule has 6 heterocycles. The molecule has 2 aromatic heterocycles. The largest absolute Gasteiger partial charge is 0.461 e. The van der Waals surface area contributed by atoms with Crippen LogP contribution in [0.15, 0.2) is 18.2 Å². The molecular formula is C31H32F5N7OS. The Hall–Kier alpha value is -3.36. The molecule has 0 saturated carbocycles. The Kier molecular flexibility index (Phi) is 6.67. The number of nitrogens with zero attached hydrogens (tertiary/aromatic N) is 5. The van der Waals surface area contributed by atoms with Gasteiger partial charge in [0.15, 0.2) is 10.9 Å². The van der Waals surface area contributed by atoms with Gasteiger partial charge < -0.3 is 20.7 Å². The zero-order valence-electron chi connectivity index (χ0n) is 24.6. The van der Waals surface area contributed by atoms with Gasteiger partial charge in [0, 0.05) is 41.7 Å². The van der Waals surface area contributed by atoms with Crippen molar-refractivity contribution in [3.05, 3.63) is 35.4 Å². The van der Waals surface area contributed by atoms with E-state index in [1.54, 1.807) is 7.05 Å². The van der Waals surface area contributed by atoms with Gasteiger partial charge in [0.25, 0.3) is 0 Å². The van der Waals surface area contributed by atoms with E-state index in [4.69, 9.17) is 10.5 Å². The number of likely N-dealkylation sites (N-methyl/N-ethyl adjacent to an activating group) is 1. The van der Waals surface area contributed by atoms with Crippen molar-refractivity contribution < 1.29 is 26.7 Å². The van der Waals surface area contributed by atoms with Crippen molar-refractivity contribution in [1.82, 2.24) is 25.2 Å². The molecule has 4 aromatic rings. The molecule has 4 aliphatic heterocycles. The van der Waals surface area contributed by atoms with Crippen LogP contribution in [0.25, 0.3) is 32.2 Å². The maximum absolute atomic E-state index is 16.9. The van der Waals surface area contributed by atoms with E-state index in [1.165, 1.54) is 0 Å². The molecule has 4 fully saturated rings. The van der Waals surface area contributed by atoms with Gasteiger partial charge in [-0.2, -0.15) is 23.1 Å². The van der Waals surface area contributed by atoms with Crippen LogP contribution in [0.5, 0.6) is 6.01 Å². The number of aromatic nitrogens is 3. The van der Waals surface area contributed by atoms with Gasteiger partial charge in [-0.1, -0.05) is 11.3 Å². The van der Waals surface area contributed by atoms with E-state index in [9.17, 15) is 17.6 Å². The number of rotatable bonds is 6. The van der Waals surface area contributed by atoms with Crippen LogP contribution in [-0.4, -0.2) is 70.3 Å². The number of nitrogen functional groups attached to an aromatic ring is 1. The number of hydrogen-bond donors (Lipinski definition) is 2. The Morgan fingerprint density at radius 3 is 2.58 bits per heavy atom. The molecule has 8 nitrogen and oxygen atoms in total. The molecule has 3 atom stereocenters. The van der Waals surface area contributed by atoms with Gasteiger partial charge >= 0.3 is 12.2 Å². The standard InChI is InChI=1S/C31H32F5N7OS/c1-42(21-12-15-4-7-20(21)38-15)27-17-13-18(31(34,35)36)22(16-5-6-19(32)26-25(16)39-28(37)45-26)23(33)24(17)40-29(41-27)44-14-30-8-2-10-43(30)11-3-9-30/h5-6,13,15,20-21,38H,2-4,7-12,14H2,1H3,(H2,37,39)/t15?,20-,21?/m1/s1. The smallest absolute Gasteiger partial charge is 0.417 e. The highest BCUT2D eigenvalue weighted by Gasteiger charge is 2.46. The number of thiazole rings is 1. The second-order valence-corrected chi connectivity index (χ2v) is 13.9. The molecule has 0 spiro atoms. The van der Waals surface area contributed by atoms with Gasteiger partial charge in [-0.25, -0.2) is 13.8 Å². The number of benzene rings is 2. The molecule has 238 valence electrons. The summed E-state index contributed by atoms with van der Waals surface area (Å²) < 4.78 is 82.1. The number of nitrogens with two attached hydrogens (primary N) is 1. The van der Waals surface area contributed by atoms with E-state index in [-0.39, 0.29) is 61.3 Å². The zero-order chi connectivity index (χ0) is 31.2. The topological polar surface area (TPSA) is 92.4 Å². The molecular weight excluding hydrogens is 613 g/mol. The fraction of sp³-hybridized carbons (Fsp3) is 0.516. The molecule has 14 heteroatoms. The van der Waals surface area contributed by atoms with E-state index in [0.717, 1.165) is 87.6 Å². The lowest BCUT2D eigenvalue weighted by molar-refractivity contribution is -0.137.